The maximum Gasteiger partial charge on any atom is 0.354 e. The molecule has 2 rings (SSSR count). The van der Waals surface area contributed by atoms with Gasteiger partial charge in [0, 0.05) is 32.7 Å². The summed E-state index contributed by atoms with van der Waals surface area (Å²) in [5.41, 5.74) is 1.24. The zero-order valence-electron chi connectivity index (χ0n) is 7.14. The summed E-state index contributed by atoms with van der Waals surface area (Å²) in [5, 5.41) is 8.65. The fourth-order valence-corrected chi connectivity index (χ4v) is 1.03. The Morgan fingerprint density at radius 1 is 1.29 bits per heavy atom. The van der Waals surface area contributed by atoms with Crippen molar-refractivity contribution in [2.45, 2.75) is 0 Å². The third kappa shape index (κ3) is 2.14. The third-order valence-corrected chi connectivity index (χ3v) is 1.62. The van der Waals surface area contributed by atoms with Gasteiger partial charge in [0.05, 0.1) is 0 Å². The zero-order valence-corrected chi connectivity index (χ0v) is 9.97. The fourth-order valence-electron chi connectivity index (χ4n) is 1.03. The predicted molar refractivity (Wildman–Crippen MR) is 45.3 cm³/mol. The monoisotopic (exact) mass is 262 g/mol. The standard InChI is InChI=1S/C9H5N2O2.Y/c12-9(13)8-4-3-6-7(11-8)2-1-5-10-6;/h1-4H,(H,12,13);/q-1;. The van der Waals surface area contributed by atoms with E-state index in [2.05, 4.69) is 16.2 Å². The molecule has 14 heavy (non-hydrogen) atoms. The number of carboxylic acids is 1. The molecule has 0 aliphatic heterocycles. The molecule has 0 amide bonds. The Bertz CT molecular complexity index is 473. The third-order valence-electron chi connectivity index (χ3n) is 1.62. The van der Waals surface area contributed by atoms with Gasteiger partial charge in [0.15, 0.2) is 0 Å². The molecule has 0 atom stereocenters. The summed E-state index contributed by atoms with van der Waals surface area (Å²) in [6.07, 6.45) is 2.65. The van der Waals surface area contributed by atoms with Crippen LogP contribution in [-0.2, 0) is 32.7 Å². The van der Waals surface area contributed by atoms with E-state index in [-0.39, 0.29) is 38.4 Å². The van der Waals surface area contributed by atoms with Crippen molar-refractivity contribution in [3.05, 3.63) is 36.2 Å². The minimum Gasteiger partial charge on any atom is -0.477 e. The minimum atomic E-state index is -1.03. The number of hydrogen-bond donors (Lipinski definition) is 1. The van der Waals surface area contributed by atoms with E-state index in [1.54, 1.807) is 18.2 Å². The van der Waals surface area contributed by atoms with Crippen molar-refractivity contribution in [1.29, 1.82) is 0 Å². The fraction of sp³-hybridized carbons (Fsp3) is 0. The van der Waals surface area contributed by atoms with Crippen LogP contribution in [0.2, 0.25) is 0 Å². The first-order chi connectivity index (χ1) is 6.27. The van der Waals surface area contributed by atoms with Gasteiger partial charge in [0.25, 0.3) is 0 Å². The quantitative estimate of drug-likeness (QED) is 0.782. The van der Waals surface area contributed by atoms with Crippen LogP contribution in [0, 0.1) is 6.20 Å². The van der Waals surface area contributed by atoms with Gasteiger partial charge in [-0.3, -0.25) is 4.98 Å². The first-order valence-corrected chi connectivity index (χ1v) is 3.64. The van der Waals surface area contributed by atoms with Crippen molar-refractivity contribution >= 4 is 17.0 Å². The molecule has 1 N–H and O–H groups in total. The van der Waals surface area contributed by atoms with E-state index in [0.29, 0.717) is 11.0 Å². The summed E-state index contributed by atoms with van der Waals surface area (Å²) >= 11 is 0. The van der Waals surface area contributed by atoms with Gasteiger partial charge in [0.2, 0.25) is 0 Å². The Morgan fingerprint density at radius 3 is 2.79 bits per heavy atom. The number of rotatable bonds is 1. The number of hydrogen-bond acceptors (Lipinski definition) is 3. The Kier molecular flexibility index (Phi) is 3.66. The molecule has 1 radical (unpaired) electrons. The van der Waals surface area contributed by atoms with Crippen molar-refractivity contribution in [3.63, 3.8) is 0 Å². The molecule has 0 aliphatic carbocycles. The summed E-state index contributed by atoms with van der Waals surface area (Å²) in [6, 6.07) is 6.31. The van der Waals surface area contributed by atoms with E-state index in [0.717, 1.165) is 0 Å². The molecule has 4 nitrogen and oxygen atoms in total. The second-order valence-electron chi connectivity index (χ2n) is 2.48. The van der Waals surface area contributed by atoms with Gasteiger partial charge in [-0.2, -0.15) is 6.07 Å². The number of nitrogens with zero attached hydrogens (tertiary/aromatic N) is 2. The molecule has 5 heteroatoms. The molecule has 0 saturated carbocycles. The van der Waals surface area contributed by atoms with Crippen LogP contribution in [0.5, 0.6) is 0 Å². The molecule has 67 valence electrons. The first kappa shape index (κ1) is 11.2. The van der Waals surface area contributed by atoms with E-state index < -0.39 is 5.97 Å². The molecule has 0 aliphatic rings. The van der Waals surface area contributed by atoms with Gasteiger partial charge in [-0.15, -0.1) is 6.07 Å². The summed E-state index contributed by atoms with van der Waals surface area (Å²) in [4.78, 5) is 18.3. The molecule has 0 unspecified atom stereocenters. The Labute approximate surface area is 105 Å². The van der Waals surface area contributed by atoms with Gasteiger partial charge in [-0.25, -0.2) is 4.79 Å². The Hall–Kier alpha value is -0.866. The topological polar surface area (TPSA) is 63.1 Å². The summed E-state index contributed by atoms with van der Waals surface area (Å²) in [5.74, 6) is -1.03. The van der Waals surface area contributed by atoms with E-state index in [4.69, 9.17) is 5.11 Å². The van der Waals surface area contributed by atoms with Crippen molar-refractivity contribution in [2.24, 2.45) is 0 Å². The number of aromatic nitrogens is 2. The van der Waals surface area contributed by atoms with Crippen molar-refractivity contribution < 1.29 is 42.6 Å². The molecule has 0 spiro atoms. The Balaban J connectivity index is 0.000000980. The van der Waals surface area contributed by atoms with E-state index in [1.165, 1.54) is 6.07 Å². The van der Waals surface area contributed by atoms with Crippen molar-refractivity contribution in [3.8, 4) is 0 Å². The van der Waals surface area contributed by atoms with Crippen LogP contribution >= 0.6 is 0 Å². The number of carbonyl (C=O) groups is 1. The second-order valence-corrected chi connectivity index (χ2v) is 2.48. The predicted octanol–water partition coefficient (Wildman–Crippen LogP) is 1.13. The number of carboxylic acid groups (broad SMARTS) is 1. The zero-order chi connectivity index (χ0) is 9.26. The Morgan fingerprint density at radius 2 is 2.07 bits per heavy atom. The van der Waals surface area contributed by atoms with E-state index in [1.807, 2.05) is 0 Å². The maximum atomic E-state index is 10.6. The molecule has 0 fully saturated rings. The summed E-state index contributed by atoms with van der Waals surface area (Å²) < 4.78 is 0. The van der Waals surface area contributed by atoms with Crippen molar-refractivity contribution in [1.82, 2.24) is 9.97 Å². The largest absolute Gasteiger partial charge is 0.477 e. The molecule has 2 aromatic rings. The van der Waals surface area contributed by atoms with Gasteiger partial charge >= 0.3 is 5.97 Å². The molecule has 0 aromatic carbocycles. The SMILES string of the molecule is O=C(O)c1ccc2n[c-]ccc2n1.[Y]. The van der Waals surface area contributed by atoms with Crippen LogP contribution in [0.1, 0.15) is 10.5 Å². The summed E-state index contributed by atoms with van der Waals surface area (Å²) in [6.45, 7) is 0. The van der Waals surface area contributed by atoms with Gasteiger partial charge in [0.1, 0.15) is 5.69 Å². The van der Waals surface area contributed by atoms with E-state index >= 15 is 0 Å². The molecule has 2 heterocycles. The van der Waals surface area contributed by atoms with Gasteiger partial charge in [-0.1, -0.05) is 12.3 Å². The molecule has 2 aromatic heterocycles. The smallest absolute Gasteiger partial charge is 0.354 e. The molecule has 0 bridgehead atoms. The van der Waals surface area contributed by atoms with Gasteiger partial charge in [-0.05, 0) is 17.1 Å². The van der Waals surface area contributed by atoms with Crippen LogP contribution in [0.25, 0.3) is 11.0 Å². The number of fused-ring (bicyclic) bond motifs is 1. The van der Waals surface area contributed by atoms with Crippen LogP contribution in [0.4, 0.5) is 0 Å². The average Bonchev–Trinajstić information content (AvgIpc) is 2.17. The molecular weight excluding hydrogens is 257 g/mol. The number of pyridine rings is 2. The summed E-state index contributed by atoms with van der Waals surface area (Å²) in [7, 11) is 0. The second kappa shape index (κ2) is 4.57. The minimum absolute atomic E-state index is 0. The molecule has 0 saturated heterocycles. The first-order valence-electron chi connectivity index (χ1n) is 3.64. The average molecular weight is 262 g/mol. The normalized spacial score (nSPS) is 9.43. The molecular formula is C9H5N2O2Y-. The number of aromatic carboxylic acids is 1. The van der Waals surface area contributed by atoms with Crippen LogP contribution in [0.3, 0.4) is 0 Å². The van der Waals surface area contributed by atoms with E-state index in [9.17, 15) is 4.79 Å². The van der Waals surface area contributed by atoms with Crippen LogP contribution in [-0.4, -0.2) is 21.0 Å². The van der Waals surface area contributed by atoms with Crippen molar-refractivity contribution in [2.75, 3.05) is 0 Å². The maximum absolute atomic E-state index is 10.6. The van der Waals surface area contributed by atoms with Gasteiger partial charge < -0.3 is 10.1 Å². The van der Waals surface area contributed by atoms with Crippen LogP contribution < -0.4 is 0 Å². The van der Waals surface area contributed by atoms with Crippen LogP contribution in [0.15, 0.2) is 24.3 Å².